The first-order valence-corrected chi connectivity index (χ1v) is 24.9. The normalized spacial score (nSPS) is 17.7. The molecule has 0 amide bonds. The average Bonchev–Trinajstić information content (AvgIpc) is 3.47. The van der Waals surface area contributed by atoms with Gasteiger partial charge in [-0.3, -0.25) is 10.6 Å². The van der Waals surface area contributed by atoms with Crippen molar-refractivity contribution in [2.75, 3.05) is 0 Å². The van der Waals surface area contributed by atoms with Crippen LogP contribution >= 0.6 is 0 Å². The molecule has 0 saturated heterocycles. The minimum atomic E-state index is -0.212. The first-order valence-electron chi connectivity index (χ1n) is 24.9. The zero-order valence-electron chi connectivity index (χ0n) is 39.6. The van der Waals surface area contributed by atoms with Crippen LogP contribution in [-0.4, -0.2) is 5.84 Å². The Labute approximate surface area is 420 Å². The number of benzene rings is 11. The maximum absolute atomic E-state index is 5.18. The van der Waals surface area contributed by atoms with Crippen molar-refractivity contribution in [2.24, 2.45) is 4.99 Å². The van der Waals surface area contributed by atoms with Gasteiger partial charge in [0.05, 0.1) is 6.04 Å². The van der Waals surface area contributed by atoms with Crippen LogP contribution in [0.25, 0.3) is 71.4 Å². The lowest BCUT2D eigenvalue weighted by molar-refractivity contribution is 0.409. The second-order valence-electron chi connectivity index (χ2n) is 18.9. The smallest absolute Gasteiger partial charge is 0.131 e. The Morgan fingerprint density at radius 1 is 0.306 bits per heavy atom. The van der Waals surface area contributed by atoms with Crippen LogP contribution in [0.5, 0.6) is 0 Å². The molecule has 0 radical (unpaired) electrons. The summed E-state index contributed by atoms with van der Waals surface area (Å²) in [6, 6.07) is 92.0. The largest absolute Gasteiger partial charge is 0.366 e. The fraction of sp³-hybridized carbons (Fsp3) is 0.0597. The first-order chi connectivity index (χ1) is 35.6. The Hall–Kier alpha value is -8.87. The van der Waals surface area contributed by atoms with Crippen LogP contribution in [-0.2, 0) is 0 Å². The van der Waals surface area contributed by atoms with Gasteiger partial charge in [-0.1, -0.05) is 237 Å². The summed E-state index contributed by atoms with van der Waals surface area (Å²) in [5, 5.41) is 22.5. The Morgan fingerprint density at radius 2 is 0.806 bits per heavy atom. The van der Waals surface area contributed by atoms with Crippen molar-refractivity contribution in [2.45, 2.75) is 24.5 Å². The van der Waals surface area contributed by atoms with Gasteiger partial charge in [0.15, 0.2) is 0 Å². The number of nitrogens with zero attached hydrogens (tertiary/aromatic N) is 1. The van der Waals surface area contributed by atoms with Crippen LogP contribution in [0.4, 0.5) is 0 Å². The second kappa shape index (κ2) is 18.8. The molecule has 0 bridgehead atoms. The highest BCUT2D eigenvalue weighted by Gasteiger charge is 2.27. The predicted molar refractivity (Wildman–Crippen MR) is 299 cm³/mol. The topological polar surface area (TPSA) is 60.5 Å². The average molecular weight is 926 g/mol. The monoisotopic (exact) mass is 925 g/mol. The van der Waals surface area contributed by atoms with E-state index >= 15 is 0 Å². The third-order valence-electron chi connectivity index (χ3n) is 14.4. The van der Waals surface area contributed by atoms with Gasteiger partial charge in [-0.25, -0.2) is 4.99 Å². The van der Waals surface area contributed by atoms with Crippen molar-refractivity contribution >= 4 is 43.9 Å². The van der Waals surface area contributed by atoms with Gasteiger partial charge in [0.2, 0.25) is 0 Å². The number of hydrogen-bond donors (Lipinski definition) is 4. The highest BCUT2D eigenvalue weighted by atomic mass is 15.3. The highest BCUT2D eigenvalue weighted by molar-refractivity contribution is 6.07. The van der Waals surface area contributed by atoms with Crippen LogP contribution < -0.4 is 21.3 Å². The molecule has 0 saturated carbocycles. The summed E-state index contributed by atoms with van der Waals surface area (Å²) in [6.07, 6.45) is 1.89. The third-order valence-corrected chi connectivity index (χ3v) is 14.4. The van der Waals surface area contributed by atoms with E-state index in [1.165, 1.54) is 82.4 Å². The molecular weight excluding hydrogens is 875 g/mol. The molecule has 4 atom stereocenters. The van der Waals surface area contributed by atoms with E-state index in [0.717, 1.165) is 28.2 Å². The zero-order chi connectivity index (χ0) is 47.8. The van der Waals surface area contributed by atoms with E-state index < -0.39 is 0 Å². The number of nitrogens with one attached hydrogen (secondary N) is 4. The van der Waals surface area contributed by atoms with E-state index in [9.17, 15) is 0 Å². The van der Waals surface area contributed by atoms with Gasteiger partial charge in [-0.05, 0) is 118 Å². The quantitative estimate of drug-likeness (QED) is 0.116. The van der Waals surface area contributed by atoms with Crippen molar-refractivity contribution in [1.29, 1.82) is 0 Å². The lowest BCUT2D eigenvalue weighted by Crippen LogP contribution is -2.44. The number of fused-ring (bicyclic) bond motifs is 3. The van der Waals surface area contributed by atoms with E-state index in [-0.39, 0.29) is 24.5 Å². The van der Waals surface area contributed by atoms with Gasteiger partial charge in [0, 0.05) is 11.3 Å². The standard InChI is InChI=1S/C67H51N5/c1-4-15-47(16-5-1)62-43-63(48-17-6-2-7-18-48)69-64(68-62)50-31-26-45(27-32-50)53-36-38-58-55(40-53)22-12-24-60(58)61-25-13-23-56-41-54(37-39-59(56)61)46-28-33-51(34-29-46)66-70-65(49-19-8-3-9-20-49)71-67(72-66)57-35-30-44-14-10-11-21-52(44)42-57/h1-43,62,64,66-69,72H,(H,70,71). The molecule has 4 N–H and O–H groups in total. The summed E-state index contributed by atoms with van der Waals surface area (Å²) in [5.41, 5.74) is 15.3. The van der Waals surface area contributed by atoms with Gasteiger partial charge in [0.25, 0.3) is 0 Å². The minimum Gasteiger partial charge on any atom is -0.366 e. The molecule has 2 heterocycles. The summed E-state index contributed by atoms with van der Waals surface area (Å²) in [5.74, 6) is 0.878. The fourth-order valence-electron chi connectivity index (χ4n) is 10.6. The molecule has 0 aromatic heterocycles. The molecule has 2 aliphatic rings. The van der Waals surface area contributed by atoms with Crippen LogP contribution in [0.15, 0.2) is 266 Å². The molecule has 5 nitrogen and oxygen atoms in total. The van der Waals surface area contributed by atoms with Crippen molar-refractivity contribution in [3.8, 4) is 33.4 Å². The maximum Gasteiger partial charge on any atom is 0.131 e. The Balaban J connectivity index is 0.747. The van der Waals surface area contributed by atoms with E-state index in [0.29, 0.717) is 0 Å². The Bertz CT molecular complexity index is 3810. The molecule has 344 valence electrons. The Kier molecular flexibility index (Phi) is 11.3. The zero-order valence-corrected chi connectivity index (χ0v) is 39.6. The fourth-order valence-corrected chi connectivity index (χ4v) is 10.6. The highest BCUT2D eigenvalue weighted by Crippen LogP contribution is 2.38. The minimum absolute atomic E-state index is 0.0525. The Morgan fingerprint density at radius 3 is 1.42 bits per heavy atom. The van der Waals surface area contributed by atoms with Crippen molar-refractivity contribution in [3.63, 3.8) is 0 Å². The lowest BCUT2D eigenvalue weighted by Gasteiger charge is -2.33. The summed E-state index contributed by atoms with van der Waals surface area (Å²) < 4.78 is 0. The van der Waals surface area contributed by atoms with E-state index in [4.69, 9.17) is 4.99 Å². The first kappa shape index (κ1) is 43.2. The van der Waals surface area contributed by atoms with Crippen molar-refractivity contribution in [3.05, 3.63) is 294 Å². The predicted octanol–water partition coefficient (Wildman–Crippen LogP) is 15.5. The molecular formula is C67H51N5. The maximum atomic E-state index is 5.18. The molecule has 11 aromatic rings. The summed E-state index contributed by atoms with van der Waals surface area (Å²) >= 11 is 0. The molecule has 2 aliphatic heterocycles. The summed E-state index contributed by atoms with van der Waals surface area (Å²) in [4.78, 5) is 5.18. The molecule has 4 unspecified atom stereocenters. The van der Waals surface area contributed by atoms with Gasteiger partial charge in [-0.2, -0.15) is 0 Å². The van der Waals surface area contributed by atoms with Crippen molar-refractivity contribution in [1.82, 2.24) is 21.3 Å². The van der Waals surface area contributed by atoms with Crippen LogP contribution in [0.1, 0.15) is 57.9 Å². The van der Waals surface area contributed by atoms with Crippen LogP contribution in [0, 0.1) is 0 Å². The van der Waals surface area contributed by atoms with E-state index in [1.54, 1.807) is 0 Å². The van der Waals surface area contributed by atoms with E-state index in [1.807, 2.05) is 6.07 Å². The summed E-state index contributed by atoms with van der Waals surface area (Å²) in [7, 11) is 0. The van der Waals surface area contributed by atoms with Crippen LogP contribution in [0.2, 0.25) is 0 Å². The molecule has 11 aromatic carbocycles. The number of rotatable bonds is 9. The molecule has 0 spiro atoms. The van der Waals surface area contributed by atoms with Gasteiger partial charge in [-0.15, -0.1) is 0 Å². The number of amidine groups is 1. The summed E-state index contributed by atoms with van der Waals surface area (Å²) in [6.45, 7) is 0. The lowest BCUT2D eigenvalue weighted by atomic mass is 9.91. The molecule has 0 aliphatic carbocycles. The van der Waals surface area contributed by atoms with Gasteiger partial charge < -0.3 is 10.6 Å². The molecule has 0 fully saturated rings. The number of hydrogen-bond acceptors (Lipinski definition) is 5. The van der Waals surface area contributed by atoms with Crippen molar-refractivity contribution < 1.29 is 0 Å². The number of aliphatic imine (C=N–C) groups is 1. The molecule has 72 heavy (non-hydrogen) atoms. The van der Waals surface area contributed by atoms with Gasteiger partial charge in [0.1, 0.15) is 24.3 Å². The molecule has 13 rings (SSSR count). The van der Waals surface area contributed by atoms with Crippen LogP contribution in [0.3, 0.4) is 0 Å². The SMILES string of the molecule is C1=C(c2ccccc2)NC(c2ccc(-c3ccc4c(-c5cccc6cc(-c7ccc(C8NC(c9ccccc9)=NC(c9ccc%10ccccc%10c9)N8)cc7)ccc56)cccc4c3)cc2)NC1c1ccccc1. The third kappa shape index (κ3) is 8.51. The van der Waals surface area contributed by atoms with E-state index in [2.05, 4.69) is 276 Å². The van der Waals surface area contributed by atoms with Gasteiger partial charge >= 0.3 is 0 Å². The molecule has 5 heteroatoms. The second-order valence-corrected chi connectivity index (χ2v) is 18.9.